The molecule has 0 aliphatic carbocycles. The lowest BCUT2D eigenvalue weighted by Gasteiger charge is -2.20. The topological polar surface area (TPSA) is 82.6 Å². The molecule has 7 nitrogen and oxygen atoms in total. The third-order valence-electron chi connectivity index (χ3n) is 5.25. The minimum atomic E-state index is 0.0297. The number of nitrogens with one attached hydrogen (secondary N) is 1. The molecule has 0 unspecified atom stereocenters. The highest BCUT2D eigenvalue weighted by molar-refractivity contribution is 9.10. The van der Waals surface area contributed by atoms with Gasteiger partial charge in [0.15, 0.2) is 11.5 Å². The number of ether oxygens (including phenoxy) is 3. The van der Waals surface area contributed by atoms with E-state index in [1.54, 1.807) is 14.2 Å². The molecule has 0 saturated heterocycles. The highest BCUT2D eigenvalue weighted by Crippen LogP contribution is 2.40. The third kappa shape index (κ3) is 5.48. The highest BCUT2D eigenvalue weighted by atomic mass is 79.9. The molecule has 3 rings (SSSR count). The maximum Gasteiger partial charge on any atom is 0.293 e. The summed E-state index contributed by atoms with van der Waals surface area (Å²) in [4.78, 5) is 19.8. The average Bonchev–Trinajstić information content (AvgIpc) is 2.78. The zero-order valence-corrected chi connectivity index (χ0v) is 20.4. The van der Waals surface area contributed by atoms with Crippen molar-refractivity contribution in [1.82, 2.24) is 9.97 Å². The summed E-state index contributed by atoms with van der Waals surface area (Å²) < 4.78 is 17.2. The molecule has 0 saturated carbocycles. The van der Waals surface area contributed by atoms with Crippen LogP contribution in [0.2, 0.25) is 0 Å². The highest BCUT2D eigenvalue weighted by Gasteiger charge is 2.20. The standard InChI is InChI=1S/C24H28BrN3O4/c1-15(17-8-7-9-18(25)12-17)26-24-20-13-21(30-3)23(31-4)19(10-5-6-11-32-14-29)22(20)27-16(2)28-24/h7-9,12-15H,5-6,10-11H2,1-4H3,(H,26,27,28)/t15-/m1/s1. The van der Waals surface area contributed by atoms with E-state index in [0.29, 0.717) is 36.8 Å². The maximum atomic E-state index is 10.4. The normalized spacial score (nSPS) is 11.8. The van der Waals surface area contributed by atoms with Crippen LogP contribution in [-0.2, 0) is 16.0 Å². The van der Waals surface area contributed by atoms with Crippen LogP contribution in [0.4, 0.5) is 5.82 Å². The summed E-state index contributed by atoms with van der Waals surface area (Å²) in [5.41, 5.74) is 2.92. The lowest BCUT2D eigenvalue weighted by molar-refractivity contribution is -0.128. The van der Waals surface area contributed by atoms with Gasteiger partial charge in [0.1, 0.15) is 11.6 Å². The van der Waals surface area contributed by atoms with Crippen LogP contribution in [0.1, 0.15) is 42.8 Å². The van der Waals surface area contributed by atoms with Crippen molar-refractivity contribution in [2.45, 2.75) is 39.2 Å². The molecule has 170 valence electrons. The molecule has 2 aromatic carbocycles. The molecule has 1 heterocycles. The molecular formula is C24H28BrN3O4. The van der Waals surface area contributed by atoms with E-state index in [1.807, 2.05) is 25.1 Å². The second-order valence-corrected chi connectivity index (χ2v) is 8.37. The van der Waals surface area contributed by atoms with Crippen LogP contribution in [0.5, 0.6) is 11.5 Å². The number of anilines is 1. The molecular weight excluding hydrogens is 474 g/mol. The number of rotatable bonds is 11. The fourth-order valence-corrected chi connectivity index (χ4v) is 4.13. The molecule has 0 aliphatic rings. The number of halogens is 1. The summed E-state index contributed by atoms with van der Waals surface area (Å²) in [6.07, 6.45) is 2.26. The monoisotopic (exact) mass is 501 g/mol. The fraction of sp³-hybridized carbons (Fsp3) is 0.375. The summed E-state index contributed by atoms with van der Waals surface area (Å²) >= 11 is 3.54. The molecule has 32 heavy (non-hydrogen) atoms. The first-order valence-corrected chi connectivity index (χ1v) is 11.3. The van der Waals surface area contributed by atoms with Gasteiger partial charge in [0.05, 0.1) is 32.4 Å². The second-order valence-electron chi connectivity index (χ2n) is 7.45. The van der Waals surface area contributed by atoms with Crippen molar-refractivity contribution < 1.29 is 19.0 Å². The second kappa shape index (κ2) is 11.1. The van der Waals surface area contributed by atoms with Crippen LogP contribution in [0, 0.1) is 6.92 Å². The number of nitrogens with zero attached hydrogens (tertiary/aromatic N) is 2. The first-order chi connectivity index (χ1) is 15.5. The van der Waals surface area contributed by atoms with Crippen molar-refractivity contribution in [1.29, 1.82) is 0 Å². The number of fused-ring (bicyclic) bond motifs is 1. The molecule has 0 amide bonds. The van der Waals surface area contributed by atoms with Crippen molar-refractivity contribution in [2.75, 3.05) is 26.1 Å². The summed E-state index contributed by atoms with van der Waals surface area (Å²) in [5.74, 6) is 2.70. The molecule has 0 spiro atoms. The van der Waals surface area contributed by atoms with Crippen molar-refractivity contribution in [2.24, 2.45) is 0 Å². The minimum absolute atomic E-state index is 0.0297. The Labute approximate surface area is 196 Å². The van der Waals surface area contributed by atoms with Crippen molar-refractivity contribution in [3.05, 3.63) is 51.8 Å². The first-order valence-electron chi connectivity index (χ1n) is 10.5. The van der Waals surface area contributed by atoms with E-state index in [2.05, 4.69) is 40.3 Å². The van der Waals surface area contributed by atoms with Gasteiger partial charge in [-0.05, 0) is 56.9 Å². The molecule has 1 aromatic heterocycles. The van der Waals surface area contributed by atoms with Gasteiger partial charge >= 0.3 is 0 Å². The van der Waals surface area contributed by atoms with Crippen LogP contribution < -0.4 is 14.8 Å². The molecule has 8 heteroatoms. The zero-order chi connectivity index (χ0) is 23.1. The van der Waals surface area contributed by atoms with E-state index in [0.717, 1.165) is 45.2 Å². The van der Waals surface area contributed by atoms with Crippen LogP contribution in [0.3, 0.4) is 0 Å². The summed E-state index contributed by atoms with van der Waals surface area (Å²) in [5, 5.41) is 4.41. The molecule has 1 N–H and O–H groups in total. The van der Waals surface area contributed by atoms with Gasteiger partial charge in [0, 0.05) is 15.4 Å². The summed E-state index contributed by atoms with van der Waals surface area (Å²) in [6, 6.07) is 10.1. The largest absolute Gasteiger partial charge is 0.493 e. The molecule has 0 bridgehead atoms. The Balaban J connectivity index is 2.04. The molecule has 0 aliphatic heterocycles. The van der Waals surface area contributed by atoms with E-state index < -0.39 is 0 Å². The Morgan fingerprint density at radius 3 is 2.66 bits per heavy atom. The molecule has 0 fully saturated rings. The number of aromatic nitrogens is 2. The van der Waals surface area contributed by atoms with Gasteiger partial charge in [-0.2, -0.15) is 0 Å². The Hall–Kier alpha value is -2.87. The summed E-state index contributed by atoms with van der Waals surface area (Å²) in [6.45, 7) is 4.84. The number of hydrogen-bond acceptors (Lipinski definition) is 7. The van der Waals surface area contributed by atoms with Crippen molar-refractivity contribution >= 4 is 39.1 Å². The lowest BCUT2D eigenvalue weighted by Crippen LogP contribution is -2.10. The molecule has 1 atom stereocenters. The predicted molar refractivity (Wildman–Crippen MR) is 129 cm³/mol. The Kier molecular flexibility index (Phi) is 8.27. The van der Waals surface area contributed by atoms with E-state index in [-0.39, 0.29) is 6.04 Å². The Morgan fingerprint density at radius 1 is 1.16 bits per heavy atom. The number of unbranched alkanes of at least 4 members (excludes halogenated alkanes) is 1. The SMILES string of the molecule is COc1cc2c(N[C@H](C)c3cccc(Br)c3)nc(C)nc2c(CCCCOC=O)c1OC. The Bertz CT molecular complexity index is 1090. The van der Waals surface area contributed by atoms with Gasteiger partial charge < -0.3 is 19.5 Å². The maximum absolute atomic E-state index is 10.4. The third-order valence-corrected chi connectivity index (χ3v) is 5.74. The van der Waals surface area contributed by atoms with Gasteiger partial charge in [-0.1, -0.05) is 28.1 Å². The van der Waals surface area contributed by atoms with Crippen molar-refractivity contribution in [3.8, 4) is 11.5 Å². The van der Waals surface area contributed by atoms with E-state index in [1.165, 1.54) is 0 Å². The lowest BCUT2D eigenvalue weighted by atomic mass is 10.0. The fourth-order valence-electron chi connectivity index (χ4n) is 3.72. The average molecular weight is 502 g/mol. The quantitative estimate of drug-likeness (QED) is 0.278. The zero-order valence-electron chi connectivity index (χ0n) is 18.8. The van der Waals surface area contributed by atoms with Crippen LogP contribution >= 0.6 is 15.9 Å². The van der Waals surface area contributed by atoms with Gasteiger partial charge in [-0.25, -0.2) is 9.97 Å². The van der Waals surface area contributed by atoms with Gasteiger partial charge in [0.25, 0.3) is 6.47 Å². The molecule has 0 radical (unpaired) electrons. The van der Waals surface area contributed by atoms with Gasteiger partial charge in [-0.3, -0.25) is 4.79 Å². The van der Waals surface area contributed by atoms with Crippen molar-refractivity contribution in [3.63, 3.8) is 0 Å². The smallest absolute Gasteiger partial charge is 0.293 e. The predicted octanol–water partition coefficient (Wildman–Crippen LogP) is 5.39. The Morgan fingerprint density at radius 2 is 1.97 bits per heavy atom. The summed E-state index contributed by atoms with van der Waals surface area (Å²) in [7, 11) is 3.25. The first kappa shape index (κ1) is 23.8. The van der Waals surface area contributed by atoms with Gasteiger partial charge in [-0.15, -0.1) is 0 Å². The minimum Gasteiger partial charge on any atom is -0.493 e. The number of methoxy groups -OCH3 is 2. The van der Waals surface area contributed by atoms with Crippen LogP contribution in [0.15, 0.2) is 34.8 Å². The van der Waals surface area contributed by atoms with Crippen LogP contribution in [0.25, 0.3) is 10.9 Å². The van der Waals surface area contributed by atoms with E-state index in [9.17, 15) is 4.79 Å². The van der Waals surface area contributed by atoms with Crippen LogP contribution in [-0.4, -0.2) is 37.3 Å². The molecule has 3 aromatic rings. The van der Waals surface area contributed by atoms with E-state index in [4.69, 9.17) is 24.2 Å². The number of benzene rings is 2. The van der Waals surface area contributed by atoms with Gasteiger partial charge in [0.2, 0.25) is 0 Å². The number of hydrogen-bond donors (Lipinski definition) is 1. The number of carbonyl (C=O) groups is 1. The number of aryl methyl sites for hydroxylation is 2. The number of carbonyl (C=O) groups excluding carboxylic acids is 1. The van der Waals surface area contributed by atoms with E-state index >= 15 is 0 Å².